The molecular formula is C15H13F2NO2. The van der Waals surface area contributed by atoms with Crippen molar-refractivity contribution in [3.63, 3.8) is 0 Å². The third-order valence-corrected chi connectivity index (χ3v) is 2.79. The van der Waals surface area contributed by atoms with E-state index in [4.69, 9.17) is 4.74 Å². The molecule has 3 nitrogen and oxygen atoms in total. The highest BCUT2D eigenvalue weighted by molar-refractivity contribution is 5.94. The summed E-state index contributed by atoms with van der Waals surface area (Å²) in [5.41, 5.74) is 0.865. The van der Waals surface area contributed by atoms with Gasteiger partial charge in [0.05, 0.1) is 7.11 Å². The molecule has 20 heavy (non-hydrogen) atoms. The van der Waals surface area contributed by atoms with Crippen molar-refractivity contribution >= 4 is 5.91 Å². The zero-order chi connectivity index (χ0) is 14.5. The molecular weight excluding hydrogens is 264 g/mol. The van der Waals surface area contributed by atoms with Gasteiger partial charge in [-0.25, -0.2) is 8.78 Å². The molecule has 2 aromatic carbocycles. The van der Waals surface area contributed by atoms with Gasteiger partial charge in [0, 0.05) is 17.7 Å². The fourth-order valence-corrected chi connectivity index (χ4v) is 1.76. The van der Waals surface area contributed by atoms with Crippen molar-refractivity contribution in [1.29, 1.82) is 0 Å². The van der Waals surface area contributed by atoms with E-state index in [2.05, 4.69) is 5.32 Å². The summed E-state index contributed by atoms with van der Waals surface area (Å²) < 4.78 is 31.0. The van der Waals surface area contributed by atoms with Crippen molar-refractivity contribution in [2.24, 2.45) is 0 Å². The molecule has 104 valence electrons. The van der Waals surface area contributed by atoms with Gasteiger partial charge in [0.1, 0.15) is 17.4 Å². The van der Waals surface area contributed by atoms with E-state index in [0.29, 0.717) is 16.9 Å². The first-order chi connectivity index (χ1) is 9.60. The fraction of sp³-hybridized carbons (Fsp3) is 0.133. The van der Waals surface area contributed by atoms with Crippen LogP contribution in [0.3, 0.4) is 0 Å². The van der Waals surface area contributed by atoms with E-state index in [-0.39, 0.29) is 12.5 Å². The van der Waals surface area contributed by atoms with Crippen LogP contribution >= 0.6 is 0 Å². The van der Waals surface area contributed by atoms with E-state index in [1.165, 1.54) is 49.6 Å². The topological polar surface area (TPSA) is 38.3 Å². The Bertz CT molecular complexity index is 612. The summed E-state index contributed by atoms with van der Waals surface area (Å²) in [6, 6.07) is 9.25. The Kier molecular flexibility index (Phi) is 4.30. The van der Waals surface area contributed by atoms with Crippen LogP contribution in [0.4, 0.5) is 8.78 Å². The normalized spacial score (nSPS) is 10.2. The Hall–Kier alpha value is -2.43. The number of ether oxygens (including phenoxy) is 1. The highest BCUT2D eigenvalue weighted by Crippen LogP contribution is 2.19. The predicted molar refractivity (Wildman–Crippen MR) is 70.5 cm³/mol. The molecule has 2 rings (SSSR count). The zero-order valence-corrected chi connectivity index (χ0v) is 10.8. The molecule has 1 amide bonds. The van der Waals surface area contributed by atoms with Gasteiger partial charge in [-0.2, -0.15) is 0 Å². The summed E-state index contributed by atoms with van der Waals surface area (Å²) in [5.74, 6) is -0.688. The average molecular weight is 277 g/mol. The number of halogens is 2. The molecule has 0 saturated heterocycles. The maximum atomic E-state index is 13.2. The van der Waals surface area contributed by atoms with Crippen molar-refractivity contribution in [2.45, 2.75) is 6.54 Å². The number of amides is 1. The monoisotopic (exact) mass is 277 g/mol. The maximum Gasteiger partial charge on any atom is 0.251 e. The lowest BCUT2D eigenvalue weighted by Crippen LogP contribution is -2.23. The van der Waals surface area contributed by atoms with Gasteiger partial charge in [-0.1, -0.05) is 0 Å². The second-order valence-electron chi connectivity index (χ2n) is 4.15. The van der Waals surface area contributed by atoms with Gasteiger partial charge in [0.2, 0.25) is 0 Å². The number of benzene rings is 2. The van der Waals surface area contributed by atoms with Crippen LogP contribution in [0, 0.1) is 11.6 Å². The van der Waals surface area contributed by atoms with Crippen LogP contribution in [0.1, 0.15) is 15.9 Å². The van der Waals surface area contributed by atoms with Crippen LogP contribution in [0.5, 0.6) is 5.75 Å². The molecule has 0 bridgehead atoms. The number of nitrogens with one attached hydrogen (secondary N) is 1. The van der Waals surface area contributed by atoms with Gasteiger partial charge in [-0.15, -0.1) is 0 Å². The molecule has 5 heteroatoms. The maximum absolute atomic E-state index is 13.2. The van der Waals surface area contributed by atoms with Crippen LogP contribution in [0.15, 0.2) is 42.5 Å². The van der Waals surface area contributed by atoms with Crippen LogP contribution in [0.25, 0.3) is 0 Å². The molecule has 0 saturated carbocycles. The predicted octanol–water partition coefficient (Wildman–Crippen LogP) is 2.90. The van der Waals surface area contributed by atoms with Crippen molar-refractivity contribution in [3.8, 4) is 5.75 Å². The fourth-order valence-electron chi connectivity index (χ4n) is 1.76. The standard InChI is InChI=1S/C15H13F2NO2/c1-20-14-7-6-13(17)8-11(14)9-18-15(19)10-2-4-12(16)5-3-10/h2-8H,9H2,1H3,(H,18,19). The molecule has 0 atom stereocenters. The molecule has 0 aliphatic rings. The summed E-state index contributed by atoms with van der Waals surface area (Å²) in [6.45, 7) is 0.122. The van der Waals surface area contributed by atoms with Crippen LogP contribution in [-0.4, -0.2) is 13.0 Å². The third-order valence-electron chi connectivity index (χ3n) is 2.79. The van der Waals surface area contributed by atoms with E-state index >= 15 is 0 Å². The molecule has 0 fully saturated rings. The summed E-state index contributed by atoms with van der Waals surface area (Å²) in [4.78, 5) is 11.8. The van der Waals surface area contributed by atoms with Gasteiger partial charge in [0.25, 0.3) is 5.91 Å². The summed E-state index contributed by atoms with van der Waals surface area (Å²) >= 11 is 0. The van der Waals surface area contributed by atoms with E-state index in [1.807, 2.05) is 0 Å². The lowest BCUT2D eigenvalue weighted by atomic mass is 10.1. The number of rotatable bonds is 4. The largest absolute Gasteiger partial charge is 0.496 e. The molecule has 0 unspecified atom stereocenters. The highest BCUT2D eigenvalue weighted by Gasteiger charge is 2.08. The van der Waals surface area contributed by atoms with Gasteiger partial charge in [-0.3, -0.25) is 4.79 Å². The van der Waals surface area contributed by atoms with Crippen LogP contribution < -0.4 is 10.1 Å². The van der Waals surface area contributed by atoms with Gasteiger partial charge < -0.3 is 10.1 Å². The number of methoxy groups -OCH3 is 1. The van der Waals surface area contributed by atoms with Crippen molar-refractivity contribution < 1.29 is 18.3 Å². The SMILES string of the molecule is COc1ccc(F)cc1CNC(=O)c1ccc(F)cc1. The van der Waals surface area contributed by atoms with Gasteiger partial charge in [-0.05, 0) is 42.5 Å². The number of carbonyl (C=O) groups excluding carboxylic acids is 1. The van der Waals surface area contributed by atoms with E-state index in [0.717, 1.165) is 0 Å². The van der Waals surface area contributed by atoms with E-state index in [9.17, 15) is 13.6 Å². The van der Waals surface area contributed by atoms with Crippen LogP contribution in [-0.2, 0) is 6.54 Å². The lowest BCUT2D eigenvalue weighted by molar-refractivity contribution is 0.0950. The Morgan fingerprint density at radius 2 is 1.75 bits per heavy atom. The quantitative estimate of drug-likeness (QED) is 0.933. The number of hydrogen-bond donors (Lipinski definition) is 1. The molecule has 0 aliphatic heterocycles. The first-order valence-electron chi connectivity index (χ1n) is 5.96. The molecule has 0 aromatic heterocycles. The summed E-state index contributed by atoms with van der Waals surface area (Å²) in [5, 5.41) is 2.63. The molecule has 0 heterocycles. The van der Waals surface area contributed by atoms with Crippen molar-refractivity contribution in [1.82, 2.24) is 5.32 Å². The Labute approximate surface area is 115 Å². The third kappa shape index (κ3) is 3.32. The molecule has 0 aliphatic carbocycles. The zero-order valence-electron chi connectivity index (χ0n) is 10.8. The Morgan fingerprint density at radius 1 is 1.10 bits per heavy atom. The molecule has 2 aromatic rings. The Morgan fingerprint density at radius 3 is 2.40 bits per heavy atom. The summed E-state index contributed by atoms with van der Waals surface area (Å²) in [6.07, 6.45) is 0. The van der Waals surface area contributed by atoms with E-state index < -0.39 is 11.6 Å². The molecule has 0 spiro atoms. The number of hydrogen-bond acceptors (Lipinski definition) is 2. The molecule has 0 radical (unpaired) electrons. The smallest absolute Gasteiger partial charge is 0.251 e. The second kappa shape index (κ2) is 6.14. The first-order valence-corrected chi connectivity index (χ1v) is 5.96. The minimum absolute atomic E-state index is 0.122. The first kappa shape index (κ1) is 14.0. The number of carbonyl (C=O) groups is 1. The molecule has 1 N–H and O–H groups in total. The second-order valence-corrected chi connectivity index (χ2v) is 4.15. The minimum atomic E-state index is -0.409. The van der Waals surface area contributed by atoms with E-state index in [1.54, 1.807) is 0 Å². The van der Waals surface area contributed by atoms with Crippen molar-refractivity contribution in [3.05, 3.63) is 65.2 Å². The highest BCUT2D eigenvalue weighted by atomic mass is 19.1. The van der Waals surface area contributed by atoms with Crippen molar-refractivity contribution in [2.75, 3.05) is 7.11 Å². The van der Waals surface area contributed by atoms with Gasteiger partial charge >= 0.3 is 0 Å². The average Bonchev–Trinajstić information content (AvgIpc) is 2.45. The van der Waals surface area contributed by atoms with Crippen LogP contribution in [0.2, 0.25) is 0 Å². The minimum Gasteiger partial charge on any atom is -0.496 e. The summed E-state index contributed by atoms with van der Waals surface area (Å²) in [7, 11) is 1.47. The van der Waals surface area contributed by atoms with Gasteiger partial charge in [0.15, 0.2) is 0 Å². The Balaban J connectivity index is 2.06. The lowest BCUT2D eigenvalue weighted by Gasteiger charge is -2.10.